The van der Waals surface area contributed by atoms with E-state index in [-0.39, 0.29) is 0 Å². The van der Waals surface area contributed by atoms with Crippen LogP contribution in [0.5, 0.6) is 0 Å². The molecule has 0 fully saturated rings. The Kier molecular flexibility index (Phi) is 5.60. The van der Waals surface area contributed by atoms with E-state index in [9.17, 15) is 0 Å². The van der Waals surface area contributed by atoms with Gasteiger partial charge in [0.1, 0.15) is 0 Å². The van der Waals surface area contributed by atoms with Crippen LogP contribution < -0.4 is 5.32 Å². The second-order valence-corrected chi connectivity index (χ2v) is 6.73. The van der Waals surface area contributed by atoms with Crippen molar-refractivity contribution in [2.45, 2.75) is 53.5 Å². The van der Waals surface area contributed by atoms with Gasteiger partial charge in [-0.05, 0) is 45.6 Å². The highest BCUT2D eigenvalue weighted by molar-refractivity contribution is 7.11. The van der Waals surface area contributed by atoms with E-state index in [2.05, 4.69) is 52.0 Å². The standard InChI is InChI=1S/C14H26N2S/c1-9(2)7-10(3)8-13(15-6)14-11(4)16-12(5)17-14/h9-10,13,15H,7-8H2,1-6H3. The maximum absolute atomic E-state index is 4.53. The number of aryl methyl sites for hydroxylation is 2. The van der Waals surface area contributed by atoms with Crippen LogP contribution >= 0.6 is 11.3 Å². The fourth-order valence-corrected chi connectivity index (χ4v) is 3.58. The Balaban J connectivity index is 2.68. The van der Waals surface area contributed by atoms with Crippen LogP contribution in [0.4, 0.5) is 0 Å². The van der Waals surface area contributed by atoms with E-state index in [1.807, 2.05) is 11.3 Å². The summed E-state index contributed by atoms with van der Waals surface area (Å²) in [5.41, 5.74) is 1.20. The predicted octanol–water partition coefficient (Wildman–Crippen LogP) is 4.09. The van der Waals surface area contributed by atoms with Crippen LogP contribution in [-0.2, 0) is 0 Å². The third kappa shape index (κ3) is 4.40. The van der Waals surface area contributed by atoms with Crippen LogP contribution in [0.15, 0.2) is 0 Å². The van der Waals surface area contributed by atoms with Crippen molar-refractivity contribution < 1.29 is 0 Å². The Hall–Kier alpha value is -0.410. The monoisotopic (exact) mass is 254 g/mol. The fourth-order valence-electron chi connectivity index (χ4n) is 2.53. The van der Waals surface area contributed by atoms with Crippen molar-refractivity contribution >= 4 is 11.3 Å². The van der Waals surface area contributed by atoms with Crippen LogP contribution in [0.2, 0.25) is 0 Å². The van der Waals surface area contributed by atoms with Crippen LogP contribution in [-0.4, -0.2) is 12.0 Å². The van der Waals surface area contributed by atoms with Gasteiger partial charge >= 0.3 is 0 Å². The summed E-state index contributed by atoms with van der Waals surface area (Å²) in [5, 5.41) is 4.62. The molecular formula is C14H26N2S. The summed E-state index contributed by atoms with van der Waals surface area (Å²) in [7, 11) is 2.06. The minimum Gasteiger partial charge on any atom is -0.312 e. The summed E-state index contributed by atoms with van der Waals surface area (Å²) in [5.74, 6) is 1.54. The van der Waals surface area contributed by atoms with Gasteiger partial charge in [-0.15, -0.1) is 11.3 Å². The minimum atomic E-state index is 0.468. The molecule has 0 amide bonds. The molecule has 98 valence electrons. The highest BCUT2D eigenvalue weighted by Gasteiger charge is 2.19. The van der Waals surface area contributed by atoms with Gasteiger partial charge in [0.05, 0.1) is 10.7 Å². The zero-order chi connectivity index (χ0) is 13.0. The summed E-state index contributed by atoms with van der Waals surface area (Å²) >= 11 is 1.83. The van der Waals surface area contributed by atoms with Gasteiger partial charge in [0.25, 0.3) is 0 Å². The minimum absolute atomic E-state index is 0.468. The van der Waals surface area contributed by atoms with Crippen molar-refractivity contribution in [2.75, 3.05) is 7.05 Å². The normalized spacial score (nSPS) is 15.2. The van der Waals surface area contributed by atoms with Crippen LogP contribution in [0.25, 0.3) is 0 Å². The fraction of sp³-hybridized carbons (Fsp3) is 0.786. The molecule has 0 aliphatic rings. The van der Waals surface area contributed by atoms with Crippen LogP contribution in [0, 0.1) is 25.7 Å². The van der Waals surface area contributed by atoms with Crippen molar-refractivity contribution in [3.8, 4) is 0 Å². The lowest BCUT2D eigenvalue weighted by Crippen LogP contribution is -2.19. The maximum Gasteiger partial charge on any atom is 0.0900 e. The molecule has 0 radical (unpaired) electrons. The number of nitrogens with one attached hydrogen (secondary N) is 1. The van der Waals surface area contributed by atoms with Crippen molar-refractivity contribution in [2.24, 2.45) is 11.8 Å². The van der Waals surface area contributed by atoms with Gasteiger partial charge in [0, 0.05) is 10.9 Å². The first-order valence-corrected chi connectivity index (χ1v) is 7.36. The molecule has 1 N–H and O–H groups in total. The van der Waals surface area contributed by atoms with E-state index in [4.69, 9.17) is 0 Å². The first kappa shape index (κ1) is 14.7. The van der Waals surface area contributed by atoms with Crippen LogP contribution in [0.1, 0.15) is 55.2 Å². The molecule has 2 unspecified atom stereocenters. The molecule has 0 saturated heterocycles. The molecule has 0 aliphatic carbocycles. The van der Waals surface area contributed by atoms with Crippen molar-refractivity contribution in [3.05, 3.63) is 15.6 Å². The van der Waals surface area contributed by atoms with Gasteiger partial charge in [-0.3, -0.25) is 0 Å². The van der Waals surface area contributed by atoms with Gasteiger partial charge < -0.3 is 5.32 Å². The van der Waals surface area contributed by atoms with E-state index >= 15 is 0 Å². The second-order valence-electron chi connectivity index (χ2n) is 5.49. The van der Waals surface area contributed by atoms with Gasteiger partial charge in [0.2, 0.25) is 0 Å². The van der Waals surface area contributed by atoms with Crippen molar-refractivity contribution in [3.63, 3.8) is 0 Å². The summed E-state index contributed by atoms with van der Waals surface area (Å²) in [6.45, 7) is 11.2. The molecule has 0 aromatic carbocycles. The topological polar surface area (TPSA) is 24.9 Å². The highest BCUT2D eigenvalue weighted by atomic mass is 32.1. The summed E-state index contributed by atoms with van der Waals surface area (Å²) < 4.78 is 0. The van der Waals surface area contributed by atoms with Gasteiger partial charge in [-0.25, -0.2) is 4.98 Å². The molecule has 0 bridgehead atoms. The number of aromatic nitrogens is 1. The van der Waals surface area contributed by atoms with E-state index in [0.717, 1.165) is 11.8 Å². The van der Waals surface area contributed by atoms with Gasteiger partial charge in [0.15, 0.2) is 0 Å². The molecule has 2 nitrogen and oxygen atoms in total. The Morgan fingerprint density at radius 2 is 1.82 bits per heavy atom. The Morgan fingerprint density at radius 1 is 1.18 bits per heavy atom. The number of thiazole rings is 1. The first-order valence-electron chi connectivity index (χ1n) is 6.55. The van der Waals surface area contributed by atoms with E-state index < -0.39 is 0 Å². The molecular weight excluding hydrogens is 228 g/mol. The van der Waals surface area contributed by atoms with Crippen molar-refractivity contribution in [1.82, 2.24) is 10.3 Å². The highest BCUT2D eigenvalue weighted by Crippen LogP contribution is 2.30. The molecule has 0 spiro atoms. The molecule has 2 atom stereocenters. The van der Waals surface area contributed by atoms with E-state index in [0.29, 0.717) is 6.04 Å². The quantitative estimate of drug-likeness (QED) is 0.827. The van der Waals surface area contributed by atoms with Gasteiger partial charge in [-0.2, -0.15) is 0 Å². The van der Waals surface area contributed by atoms with E-state index in [1.54, 1.807) is 0 Å². The van der Waals surface area contributed by atoms with Crippen molar-refractivity contribution in [1.29, 1.82) is 0 Å². The molecule has 3 heteroatoms. The molecule has 1 aromatic rings. The lowest BCUT2D eigenvalue weighted by Gasteiger charge is -2.21. The lowest BCUT2D eigenvalue weighted by atomic mass is 9.92. The lowest BCUT2D eigenvalue weighted by molar-refractivity contribution is 0.368. The predicted molar refractivity (Wildman–Crippen MR) is 76.6 cm³/mol. The number of hydrogen-bond donors (Lipinski definition) is 1. The maximum atomic E-state index is 4.53. The summed E-state index contributed by atoms with van der Waals surface area (Å²) in [6, 6.07) is 0.468. The molecule has 17 heavy (non-hydrogen) atoms. The average Bonchev–Trinajstić information content (AvgIpc) is 2.53. The SMILES string of the molecule is CNC(CC(C)CC(C)C)c1sc(C)nc1C. The third-order valence-electron chi connectivity index (χ3n) is 3.12. The summed E-state index contributed by atoms with van der Waals surface area (Å²) in [6.07, 6.45) is 2.51. The first-order chi connectivity index (χ1) is 7.93. The largest absolute Gasteiger partial charge is 0.312 e. The molecule has 1 rings (SSSR count). The second kappa shape index (κ2) is 6.50. The number of hydrogen-bond acceptors (Lipinski definition) is 3. The zero-order valence-corrected chi connectivity index (χ0v) is 12.8. The average molecular weight is 254 g/mol. The third-order valence-corrected chi connectivity index (χ3v) is 4.30. The van der Waals surface area contributed by atoms with Gasteiger partial charge in [-0.1, -0.05) is 20.8 Å². The number of rotatable bonds is 6. The molecule has 1 aromatic heterocycles. The zero-order valence-electron chi connectivity index (χ0n) is 12.0. The van der Waals surface area contributed by atoms with E-state index in [1.165, 1.54) is 28.4 Å². The Labute approximate surface area is 110 Å². The van der Waals surface area contributed by atoms with Crippen LogP contribution in [0.3, 0.4) is 0 Å². The summed E-state index contributed by atoms with van der Waals surface area (Å²) in [4.78, 5) is 5.94. The molecule has 1 heterocycles. The number of nitrogens with zero attached hydrogens (tertiary/aromatic N) is 1. The smallest absolute Gasteiger partial charge is 0.0900 e. The molecule has 0 saturated carbocycles. The molecule has 0 aliphatic heterocycles. The Bertz CT molecular complexity index is 344. The Morgan fingerprint density at radius 3 is 2.24 bits per heavy atom.